The minimum absolute atomic E-state index is 0.0155. The van der Waals surface area contributed by atoms with Gasteiger partial charge in [0.15, 0.2) is 0 Å². The van der Waals surface area contributed by atoms with Crippen molar-refractivity contribution in [2.24, 2.45) is 28.6 Å². The molecule has 0 aromatic heterocycles. The van der Waals surface area contributed by atoms with Gasteiger partial charge in [-0.3, -0.25) is 19.2 Å². The normalized spacial score (nSPS) is 24.8. The molecule has 4 N–H and O–H groups in total. The van der Waals surface area contributed by atoms with Gasteiger partial charge in [0.1, 0.15) is 12.1 Å². The number of nitrogens with one attached hydrogen (secondary N) is 4. The number of urea groups is 1. The highest BCUT2D eigenvalue weighted by molar-refractivity contribution is 7.89. The molecule has 3 saturated carbocycles. The highest BCUT2D eigenvalue weighted by Gasteiger charge is 2.52. The fraction of sp³-hybridized carbons (Fsp3) is 0.857. The van der Waals surface area contributed by atoms with Crippen LogP contribution in [0.15, 0.2) is 0 Å². The number of carbonyl (C=O) groups excluding carboxylic acids is 5. The Morgan fingerprint density at radius 3 is 2.02 bits per heavy atom. The van der Waals surface area contributed by atoms with E-state index in [9.17, 15) is 32.4 Å². The van der Waals surface area contributed by atoms with Crippen LogP contribution in [0.5, 0.6) is 0 Å². The number of amides is 5. The summed E-state index contributed by atoms with van der Waals surface area (Å²) in [6, 6.07) is -3.95. The predicted molar refractivity (Wildman–Crippen MR) is 187 cm³/mol. The van der Waals surface area contributed by atoms with E-state index in [1.54, 1.807) is 11.8 Å². The molecule has 1 unspecified atom stereocenters. The van der Waals surface area contributed by atoms with Crippen molar-refractivity contribution in [1.29, 1.82) is 0 Å². The van der Waals surface area contributed by atoms with Gasteiger partial charge in [0.2, 0.25) is 27.6 Å². The lowest BCUT2D eigenvalue weighted by Crippen LogP contribution is -2.62. The number of fused-ring (bicyclic) bond motifs is 1. The topological polar surface area (TPSA) is 174 Å². The first-order valence-electron chi connectivity index (χ1n) is 18.2. The van der Waals surface area contributed by atoms with E-state index < -0.39 is 68.6 Å². The van der Waals surface area contributed by atoms with Gasteiger partial charge in [-0.25, -0.2) is 17.5 Å². The van der Waals surface area contributed by atoms with Gasteiger partial charge in [-0.05, 0) is 67.6 Å². The van der Waals surface area contributed by atoms with Crippen LogP contribution in [0.4, 0.5) is 4.79 Å². The van der Waals surface area contributed by atoms with Crippen LogP contribution in [0, 0.1) is 28.6 Å². The van der Waals surface area contributed by atoms with Crippen LogP contribution in [0.2, 0.25) is 0 Å². The average Bonchev–Trinajstić information content (AvgIpc) is 3.55. The van der Waals surface area contributed by atoms with E-state index in [0.717, 1.165) is 51.4 Å². The van der Waals surface area contributed by atoms with Gasteiger partial charge in [0.25, 0.3) is 5.91 Å². The Morgan fingerprint density at radius 2 is 1.49 bits per heavy atom. The molecule has 4 fully saturated rings. The molecule has 0 spiro atoms. The van der Waals surface area contributed by atoms with Gasteiger partial charge in [-0.15, -0.1) is 0 Å². The maximum absolute atomic E-state index is 14.5. The molecule has 0 radical (unpaired) electrons. The van der Waals surface area contributed by atoms with E-state index in [1.165, 1.54) is 11.4 Å². The third-order valence-corrected chi connectivity index (χ3v) is 12.9. The molecule has 1 aliphatic heterocycles. The van der Waals surface area contributed by atoms with Crippen molar-refractivity contribution in [2.75, 3.05) is 25.9 Å². The fourth-order valence-electron chi connectivity index (χ4n) is 7.33. The summed E-state index contributed by atoms with van der Waals surface area (Å²) in [5, 5.41) is 11.5. The van der Waals surface area contributed by atoms with Gasteiger partial charge in [0.05, 0.1) is 11.8 Å². The first-order valence-corrected chi connectivity index (χ1v) is 19.8. The maximum atomic E-state index is 14.5. The van der Waals surface area contributed by atoms with Crippen LogP contribution in [-0.4, -0.2) is 103 Å². The number of hydrogen-bond acceptors (Lipinski definition) is 7. The van der Waals surface area contributed by atoms with Crippen molar-refractivity contribution >= 4 is 39.6 Å². The van der Waals surface area contributed by atoms with Gasteiger partial charge in [0, 0.05) is 32.2 Å². The lowest BCUT2D eigenvalue weighted by Gasteiger charge is -2.38. The number of hydrogen-bond donors (Lipinski definition) is 4. The minimum atomic E-state index is -3.49. The number of rotatable bonds is 14. The lowest BCUT2D eigenvalue weighted by atomic mass is 9.80. The molecule has 0 bridgehead atoms. The number of ketones is 1. The molecule has 278 valence electrons. The Morgan fingerprint density at radius 1 is 0.857 bits per heavy atom. The van der Waals surface area contributed by atoms with Crippen molar-refractivity contribution < 1.29 is 32.4 Å². The molecule has 14 heteroatoms. The van der Waals surface area contributed by atoms with Crippen LogP contribution >= 0.6 is 0 Å². The summed E-state index contributed by atoms with van der Waals surface area (Å²) in [6.45, 7) is 13.2. The summed E-state index contributed by atoms with van der Waals surface area (Å²) in [7, 11) is -2.01. The molecule has 6 atom stereocenters. The van der Waals surface area contributed by atoms with Gasteiger partial charge >= 0.3 is 6.03 Å². The van der Waals surface area contributed by atoms with E-state index in [-0.39, 0.29) is 42.0 Å². The average molecular weight is 709 g/mol. The second-order valence-electron chi connectivity index (χ2n) is 17.0. The number of likely N-dealkylation sites (tertiary alicyclic amines) is 1. The third kappa shape index (κ3) is 9.74. The molecule has 0 aromatic carbocycles. The summed E-state index contributed by atoms with van der Waals surface area (Å²) in [4.78, 5) is 69.9. The Balaban J connectivity index is 1.53. The smallest absolute Gasteiger partial charge is 0.315 e. The second kappa shape index (κ2) is 15.2. The zero-order chi connectivity index (χ0) is 36.5. The van der Waals surface area contributed by atoms with E-state index in [2.05, 4.69) is 21.3 Å². The van der Waals surface area contributed by atoms with Crippen molar-refractivity contribution in [3.05, 3.63) is 0 Å². The molecular weight excluding hydrogens is 648 g/mol. The Bertz CT molecular complexity index is 1360. The van der Waals surface area contributed by atoms with Gasteiger partial charge in [-0.1, -0.05) is 67.2 Å². The first-order chi connectivity index (χ1) is 22.7. The highest BCUT2D eigenvalue weighted by Crippen LogP contribution is 2.43. The zero-order valence-corrected chi connectivity index (χ0v) is 31.6. The van der Waals surface area contributed by atoms with E-state index in [1.807, 2.05) is 41.5 Å². The summed E-state index contributed by atoms with van der Waals surface area (Å²) in [5.41, 5.74) is -1.24. The van der Waals surface area contributed by atoms with Crippen LogP contribution in [0.1, 0.15) is 106 Å². The number of likely N-dealkylation sites (N-methyl/N-ethyl adjacent to an activating group) is 1. The fourth-order valence-corrected chi connectivity index (χ4v) is 8.15. The van der Waals surface area contributed by atoms with Crippen molar-refractivity contribution in [3.8, 4) is 0 Å². The molecule has 0 aromatic rings. The predicted octanol–water partition coefficient (Wildman–Crippen LogP) is 2.55. The summed E-state index contributed by atoms with van der Waals surface area (Å²) in [5.74, 6) is -1.89. The van der Waals surface area contributed by atoms with Crippen LogP contribution in [-0.2, 0) is 29.2 Å². The number of Topliss-reactive ketones (excluding diaryl/α,β-unsaturated/α-hetero) is 1. The molecule has 5 amide bonds. The third-order valence-electron chi connectivity index (χ3n) is 11.0. The van der Waals surface area contributed by atoms with E-state index in [0.29, 0.717) is 13.0 Å². The quantitative estimate of drug-likeness (QED) is 0.201. The monoisotopic (exact) mass is 708 g/mol. The lowest BCUT2D eigenvalue weighted by molar-refractivity contribution is -0.144. The maximum Gasteiger partial charge on any atom is 0.315 e. The molecule has 49 heavy (non-hydrogen) atoms. The van der Waals surface area contributed by atoms with Gasteiger partial charge in [-0.2, -0.15) is 0 Å². The van der Waals surface area contributed by atoms with Crippen molar-refractivity contribution in [3.63, 3.8) is 0 Å². The van der Waals surface area contributed by atoms with Crippen LogP contribution < -0.4 is 21.3 Å². The summed E-state index contributed by atoms with van der Waals surface area (Å²) < 4.78 is 26.2. The largest absolute Gasteiger partial charge is 0.347 e. The number of sulfonamides is 1. The molecule has 3 aliphatic carbocycles. The standard InChI is InChI=1S/C35H60N6O7S/c1-9-49(47,48)40(8)20-26(34(2,3)4)38-33(46)39-29(35(5,6)7)32(45)41-19-22-14-11-15-24(22)27(41)30(43)37-25(18-21-12-10-13-21)28(42)31(44)36-23-16-17-23/h21-27,29H,9-20H2,1-8H3,(H,36,44)(H,37,43)(H2,38,39,46)/t22-,24-,25?,26+,27-,29+/m0/s1. The first kappa shape index (κ1) is 39.1. The SMILES string of the molecule is CCS(=O)(=O)N(C)C[C@@H](NC(=O)N[C@H](C(=O)N1C[C@@H]2CCC[C@@H]2[C@H]1C(=O)NC(CC1CCC1)C(=O)C(=O)NC1CC1)C(C)(C)C)C(C)(C)C. The number of carbonyl (C=O) groups is 5. The van der Waals surface area contributed by atoms with Crippen molar-refractivity contribution in [2.45, 2.75) is 136 Å². The minimum Gasteiger partial charge on any atom is -0.347 e. The number of nitrogens with zero attached hydrogens (tertiary/aromatic N) is 2. The Hall–Kier alpha value is -2.74. The van der Waals surface area contributed by atoms with Crippen LogP contribution in [0.3, 0.4) is 0 Å². The van der Waals surface area contributed by atoms with Crippen molar-refractivity contribution in [1.82, 2.24) is 30.5 Å². The molecular formula is C35H60N6O7S. The molecule has 4 aliphatic rings. The Labute approximate surface area is 292 Å². The Kier molecular flexibility index (Phi) is 12.2. The van der Waals surface area contributed by atoms with E-state index >= 15 is 0 Å². The molecule has 13 nitrogen and oxygen atoms in total. The molecule has 1 heterocycles. The van der Waals surface area contributed by atoms with Crippen LogP contribution in [0.25, 0.3) is 0 Å². The second-order valence-corrected chi connectivity index (χ2v) is 19.4. The highest BCUT2D eigenvalue weighted by atomic mass is 32.2. The summed E-state index contributed by atoms with van der Waals surface area (Å²) in [6.07, 6.45) is 7.63. The van der Waals surface area contributed by atoms with Gasteiger partial charge < -0.3 is 26.2 Å². The van der Waals surface area contributed by atoms with E-state index in [4.69, 9.17) is 0 Å². The molecule has 1 saturated heterocycles. The molecule has 4 rings (SSSR count). The zero-order valence-electron chi connectivity index (χ0n) is 30.8. The summed E-state index contributed by atoms with van der Waals surface area (Å²) >= 11 is 0.